The van der Waals surface area contributed by atoms with E-state index in [1.54, 1.807) is 0 Å². The molecule has 0 radical (unpaired) electrons. The minimum absolute atomic E-state index is 0.0312. The number of nitrogen functional groups attached to an aromatic ring is 1. The summed E-state index contributed by atoms with van der Waals surface area (Å²) in [5.74, 6) is 0.0733. The summed E-state index contributed by atoms with van der Waals surface area (Å²) < 4.78 is 0. The fourth-order valence-corrected chi connectivity index (χ4v) is 2.93. The Morgan fingerprint density at radius 1 is 1.35 bits per heavy atom. The second kappa shape index (κ2) is 5.28. The van der Waals surface area contributed by atoms with Crippen LogP contribution in [0.1, 0.15) is 35.4 Å². The summed E-state index contributed by atoms with van der Waals surface area (Å²) in [6.07, 6.45) is 3.38. The average Bonchev–Trinajstić information content (AvgIpc) is 3.14. The van der Waals surface area contributed by atoms with Gasteiger partial charge in [-0.3, -0.25) is 9.59 Å². The molecule has 1 aromatic rings. The monoisotopic (exact) mass is 295 g/mol. The largest absolute Gasteiger partial charge is 0.382 e. The standard InChI is InChI=1S/C12H17N5O2S/c13-10-9(20-12(17-10)16-6-1-2-6)11(19)15-7-3-4-8(18)14-5-7/h6-7H,1-5,13H2,(H,14,18)(H,15,19)(H,16,17). The van der Waals surface area contributed by atoms with Crippen molar-refractivity contribution in [3.05, 3.63) is 4.88 Å². The molecule has 3 rings (SSSR count). The van der Waals surface area contributed by atoms with Crippen LogP contribution >= 0.6 is 11.3 Å². The number of thiazole rings is 1. The summed E-state index contributed by atoms with van der Waals surface area (Å²) >= 11 is 1.28. The number of carbonyl (C=O) groups excluding carboxylic acids is 2. The summed E-state index contributed by atoms with van der Waals surface area (Å²) in [6, 6.07) is 0.437. The Bertz CT molecular complexity index is 530. The zero-order valence-electron chi connectivity index (χ0n) is 10.9. The summed E-state index contributed by atoms with van der Waals surface area (Å²) in [5, 5.41) is 9.55. The van der Waals surface area contributed by atoms with Crippen molar-refractivity contribution < 1.29 is 9.59 Å². The van der Waals surface area contributed by atoms with Gasteiger partial charge in [-0.25, -0.2) is 4.98 Å². The van der Waals surface area contributed by atoms with E-state index in [0.717, 1.165) is 12.8 Å². The molecule has 1 atom stereocenters. The molecule has 2 aliphatic rings. The van der Waals surface area contributed by atoms with Gasteiger partial charge in [-0.2, -0.15) is 0 Å². The van der Waals surface area contributed by atoms with Crippen LogP contribution in [0.4, 0.5) is 10.9 Å². The van der Waals surface area contributed by atoms with E-state index in [1.807, 2.05) is 0 Å². The van der Waals surface area contributed by atoms with Crippen LogP contribution in [-0.2, 0) is 4.79 Å². The van der Waals surface area contributed by atoms with Crippen LogP contribution in [0.25, 0.3) is 0 Å². The molecule has 1 aromatic heterocycles. The lowest BCUT2D eigenvalue weighted by Crippen LogP contribution is -2.47. The molecule has 2 heterocycles. The maximum atomic E-state index is 12.2. The minimum atomic E-state index is -0.218. The van der Waals surface area contributed by atoms with Gasteiger partial charge in [0.25, 0.3) is 5.91 Å². The van der Waals surface area contributed by atoms with Gasteiger partial charge in [0.2, 0.25) is 5.91 Å². The number of aromatic nitrogens is 1. The first kappa shape index (κ1) is 13.2. The van der Waals surface area contributed by atoms with E-state index in [2.05, 4.69) is 20.9 Å². The van der Waals surface area contributed by atoms with Crippen LogP contribution in [0, 0.1) is 0 Å². The second-order valence-corrected chi connectivity index (χ2v) is 6.16. The van der Waals surface area contributed by atoms with Crippen molar-refractivity contribution in [2.45, 2.75) is 37.8 Å². The Kier molecular flexibility index (Phi) is 3.47. The first-order valence-corrected chi connectivity index (χ1v) is 7.54. The molecule has 1 aliphatic carbocycles. The number of hydrogen-bond donors (Lipinski definition) is 4. The number of rotatable bonds is 4. The Hall–Kier alpha value is -1.83. The first-order valence-electron chi connectivity index (χ1n) is 6.72. The second-order valence-electron chi connectivity index (χ2n) is 5.17. The molecule has 0 spiro atoms. The normalized spacial score (nSPS) is 22.2. The van der Waals surface area contributed by atoms with Crippen molar-refractivity contribution in [3.8, 4) is 0 Å². The molecule has 108 valence electrons. The Balaban J connectivity index is 1.61. The number of hydrogen-bond acceptors (Lipinski definition) is 6. The molecule has 1 aliphatic heterocycles. The molecule has 2 fully saturated rings. The van der Waals surface area contributed by atoms with Gasteiger partial charge in [0, 0.05) is 25.0 Å². The average molecular weight is 295 g/mol. The number of carbonyl (C=O) groups is 2. The Morgan fingerprint density at radius 3 is 2.80 bits per heavy atom. The highest BCUT2D eigenvalue weighted by Crippen LogP contribution is 2.30. The van der Waals surface area contributed by atoms with Gasteiger partial charge in [0.1, 0.15) is 10.7 Å². The van der Waals surface area contributed by atoms with E-state index in [-0.39, 0.29) is 23.7 Å². The molecule has 20 heavy (non-hydrogen) atoms. The van der Waals surface area contributed by atoms with Gasteiger partial charge in [0.15, 0.2) is 5.13 Å². The minimum Gasteiger partial charge on any atom is -0.382 e. The maximum absolute atomic E-state index is 12.2. The lowest BCUT2D eigenvalue weighted by molar-refractivity contribution is -0.122. The first-order chi connectivity index (χ1) is 9.61. The van der Waals surface area contributed by atoms with E-state index >= 15 is 0 Å². The lowest BCUT2D eigenvalue weighted by Gasteiger charge is -2.23. The van der Waals surface area contributed by atoms with Crippen molar-refractivity contribution in [1.29, 1.82) is 0 Å². The fourth-order valence-electron chi connectivity index (χ4n) is 2.07. The summed E-state index contributed by atoms with van der Waals surface area (Å²) in [7, 11) is 0. The highest BCUT2D eigenvalue weighted by atomic mass is 32.1. The quantitative estimate of drug-likeness (QED) is 0.639. The zero-order valence-corrected chi connectivity index (χ0v) is 11.8. The predicted octanol–water partition coefficient (Wildman–Crippen LogP) is 0.308. The highest BCUT2D eigenvalue weighted by Gasteiger charge is 2.26. The number of nitrogens with two attached hydrogens (primary N) is 1. The number of anilines is 2. The van der Waals surface area contributed by atoms with Crippen molar-refractivity contribution >= 4 is 34.1 Å². The number of nitrogens with one attached hydrogen (secondary N) is 3. The molecule has 8 heteroatoms. The van der Waals surface area contributed by atoms with Crippen molar-refractivity contribution in [2.75, 3.05) is 17.6 Å². The van der Waals surface area contributed by atoms with Gasteiger partial charge >= 0.3 is 0 Å². The van der Waals surface area contributed by atoms with Crippen LogP contribution < -0.4 is 21.7 Å². The SMILES string of the molecule is Nc1nc(NC2CC2)sc1C(=O)NC1CCC(=O)NC1. The third-order valence-electron chi connectivity index (χ3n) is 3.37. The maximum Gasteiger partial charge on any atom is 0.265 e. The van der Waals surface area contributed by atoms with E-state index in [9.17, 15) is 9.59 Å². The van der Waals surface area contributed by atoms with E-state index < -0.39 is 0 Å². The smallest absolute Gasteiger partial charge is 0.265 e. The molecular formula is C12H17N5O2S. The summed E-state index contributed by atoms with van der Waals surface area (Å²) in [4.78, 5) is 27.8. The van der Waals surface area contributed by atoms with Gasteiger partial charge in [-0.1, -0.05) is 11.3 Å². The predicted molar refractivity (Wildman–Crippen MR) is 76.7 cm³/mol. The highest BCUT2D eigenvalue weighted by molar-refractivity contribution is 7.18. The lowest BCUT2D eigenvalue weighted by atomic mass is 10.1. The van der Waals surface area contributed by atoms with Gasteiger partial charge in [-0.15, -0.1) is 0 Å². The van der Waals surface area contributed by atoms with Crippen LogP contribution in [0.15, 0.2) is 0 Å². The molecule has 7 nitrogen and oxygen atoms in total. The van der Waals surface area contributed by atoms with E-state index in [1.165, 1.54) is 11.3 Å². The number of amides is 2. The summed E-state index contributed by atoms with van der Waals surface area (Å²) in [6.45, 7) is 0.469. The van der Waals surface area contributed by atoms with Crippen molar-refractivity contribution in [3.63, 3.8) is 0 Å². The molecule has 1 saturated carbocycles. The molecule has 5 N–H and O–H groups in total. The molecule has 0 aromatic carbocycles. The third kappa shape index (κ3) is 3.01. The number of piperidine rings is 1. The van der Waals surface area contributed by atoms with Crippen molar-refractivity contribution in [1.82, 2.24) is 15.6 Å². The van der Waals surface area contributed by atoms with Crippen LogP contribution in [-0.4, -0.2) is 35.4 Å². The molecular weight excluding hydrogens is 278 g/mol. The Morgan fingerprint density at radius 2 is 2.15 bits per heavy atom. The van der Waals surface area contributed by atoms with Crippen molar-refractivity contribution in [2.24, 2.45) is 0 Å². The molecule has 0 bridgehead atoms. The van der Waals surface area contributed by atoms with Crippen LogP contribution in [0.3, 0.4) is 0 Å². The van der Waals surface area contributed by atoms with E-state index in [4.69, 9.17) is 5.73 Å². The van der Waals surface area contributed by atoms with Gasteiger partial charge in [0.05, 0.1) is 0 Å². The molecule has 1 saturated heterocycles. The van der Waals surface area contributed by atoms with Crippen LogP contribution in [0.5, 0.6) is 0 Å². The Labute approximate surface area is 120 Å². The van der Waals surface area contributed by atoms with E-state index in [0.29, 0.717) is 35.4 Å². The van der Waals surface area contributed by atoms with Gasteiger partial charge < -0.3 is 21.7 Å². The van der Waals surface area contributed by atoms with Crippen LogP contribution in [0.2, 0.25) is 0 Å². The third-order valence-corrected chi connectivity index (χ3v) is 4.37. The van der Waals surface area contributed by atoms with Gasteiger partial charge in [-0.05, 0) is 19.3 Å². The molecule has 1 unspecified atom stereocenters. The topological polar surface area (TPSA) is 109 Å². The molecule has 2 amide bonds. The summed E-state index contributed by atoms with van der Waals surface area (Å²) in [5.41, 5.74) is 5.79. The number of nitrogens with zero attached hydrogens (tertiary/aromatic N) is 1. The zero-order chi connectivity index (χ0) is 14.1. The fraction of sp³-hybridized carbons (Fsp3) is 0.583.